The molecule has 4 heteroatoms. The number of H-pyrrole nitrogens is 1. The normalized spacial score (nSPS) is 12.6. The molecule has 0 aliphatic heterocycles. The van der Waals surface area contributed by atoms with Crippen molar-refractivity contribution in [1.29, 1.82) is 0 Å². The van der Waals surface area contributed by atoms with E-state index < -0.39 is 0 Å². The summed E-state index contributed by atoms with van der Waals surface area (Å²) >= 11 is 0. The summed E-state index contributed by atoms with van der Waals surface area (Å²) in [5.74, 6) is 0. The van der Waals surface area contributed by atoms with Crippen molar-refractivity contribution in [1.82, 2.24) is 20.5 Å². The molecule has 0 saturated heterocycles. The molecule has 0 spiro atoms. The van der Waals surface area contributed by atoms with Crippen LogP contribution in [-0.4, -0.2) is 21.7 Å². The number of aryl methyl sites for hydroxylation is 2. The number of hydrogen-bond acceptors (Lipinski definition) is 3. The number of aromatic amines is 1. The molecule has 1 atom stereocenters. The summed E-state index contributed by atoms with van der Waals surface area (Å²) in [6.45, 7) is 5.23. The van der Waals surface area contributed by atoms with E-state index in [0.717, 1.165) is 19.4 Å². The van der Waals surface area contributed by atoms with E-state index in [9.17, 15) is 0 Å². The zero-order valence-corrected chi connectivity index (χ0v) is 11.0. The summed E-state index contributed by atoms with van der Waals surface area (Å²) in [7, 11) is 0. The van der Waals surface area contributed by atoms with E-state index >= 15 is 0 Å². The Kier molecular flexibility index (Phi) is 4.47. The van der Waals surface area contributed by atoms with Crippen molar-refractivity contribution in [3.05, 3.63) is 47.5 Å². The summed E-state index contributed by atoms with van der Waals surface area (Å²) in [6, 6.07) is 4.43. The number of rotatable bonds is 6. The van der Waals surface area contributed by atoms with Gasteiger partial charge in [-0.05, 0) is 50.4 Å². The second-order valence-corrected chi connectivity index (χ2v) is 4.59. The van der Waals surface area contributed by atoms with E-state index in [1.165, 1.54) is 16.8 Å². The molecule has 0 aliphatic carbocycles. The molecule has 0 aromatic carbocycles. The van der Waals surface area contributed by atoms with Crippen LogP contribution in [0.2, 0.25) is 0 Å². The molecule has 0 amide bonds. The van der Waals surface area contributed by atoms with Gasteiger partial charge in [0.15, 0.2) is 0 Å². The summed E-state index contributed by atoms with van der Waals surface area (Å²) in [5, 5.41) is 10.5. The van der Waals surface area contributed by atoms with Gasteiger partial charge < -0.3 is 5.32 Å². The number of pyridine rings is 1. The molecule has 4 nitrogen and oxygen atoms in total. The molecule has 0 fully saturated rings. The molecule has 0 radical (unpaired) electrons. The predicted octanol–water partition coefficient (Wildman–Crippen LogP) is 2.40. The highest BCUT2D eigenvalue weighted by Crippen LogP contribution is 2.10. The molecule has 2 N–H and O–H groups in total. The smallest absolute Gasteiger partial charge is 0.0522 e. The average Bonchev–Trinajstić information content (AvgIpc) is 2.81. The van der Waals surface area contributed by atoms with Crippen LogP contribution in [0.1, 0.15) is 36.2 Å². The molecule has 18 heavy (non-hydrogen) atoms. The van der Waals surface area contributed by atoms with Crippen molar-refractivity contribution >= 4 is 0 Å². The molecular formula is C14H20N4. The molecule has 2 heterocycles. The monoisotopic (exact) mass is 244 g/mol. The van der Waals surface area contributed by atoms with Crippen LogP contribution in [0.4, 0.5) is 0 Å². The summed E-state index contributed by atoms with van der Waals surface area (Å²) in [6.07, 6.45) is 7.82. The van der Waals surface area contributed by atoms with Gasteiger partial charge in [-0.3, -0.25) is 10.1 Å². The number of aromatic nitrogens is 3. The van der Waals surface area contributed by atoms with Gasteiger partial charge in [0.2, 0.25) is 0 Å². The van der Waals surface area contributed by atoms with Crippen LogP contribution >= 0.6 is 0 Å². The second-order valence-electron chi connectivity index (χ2n) is 4.59. The molecule has 2 rings (SSSR count). The Morgan fingerprint density at radius 1 is 1.39 bits per heavy atom. The van der Waals surface area contributed by atoms with Gasteiger partial charge >= 0.3 is 0 Å². The fraction of sp³-hybridized carbons (Fsp3) is 0.429. The minimum Gasteiger partial charge on any atom is -0.310 e. The van der Waals surface area contributed by atoms with Gasteiger partial charge in [0.05, 0.1) is 6.20 Å². The van der Waals surface area contributed by atoms with Gasteiger partial charge in [-0.1, -0.05) is 6.07 Å². The van der Waals surface area contributed by atoms with E-state index in [-0.39, 0.29) is 0 Å². The van der Waals surface area contributed by atoms with Gasteiger partial charge in [0.1, 0.15) is 0 Å². The number of nitrogens with one attached hydrogen (secondary N) is 2. The van der Waals surface area contributed by atoms with Crippen molar-refractivity contribution in [2.24, 2.45) is 0 Å². The van der Waals surface area contributed by atoms with Crippen LogP contribution in [0.15, 0.2) is 30.7 Å². The third-order valence-corrected chi connectivity index (χ3v) is 3.19. The molecule has 2 aromatic heterocycles. The number of hydrogen-bond donors (Lipinski definition) is 2. The first kappa shape index (κ1) is 12.8. The maximum atomic E-state index is 4.13. The molecule has 1 unspecified atom stereocenters. The predicted molar refractivity (Wildman–Crippen MR) is 72.3 cm³/mol. The molecular weight excluding hydrogens is 224 g/mol. The largest absolute Gasteiger partial charge is 0.310 e. The third-order valence-electron chi connectivity index (χ3n) is 3.19. The van der Waals surface area contributed by atoms with Gasteiger partial charge in [-0.15, -0.1) is 0 Å². The maximum Gasteiger partial charge on any atom is 0.0522 e. The van der Waals surface area contributed by atoms with E-state index in [1.54, 1.807) is 6.20 Å². The van der Waals surface area contributed by atoms with Crippen LogP contribution in [0.3, 0.4) is 0 Å². The van der Waals surface area contributed by atoms with Crippen molar-refractivity contribution in [3.8, 4) is 0 Å². The Bertz CT molecular complexity index is 464. The molecule has 0 saturated carbocycles. The number of nitrogens with zero attached hydrogens (tertiary/aromatic N) is 2. The Balaban J connectivity index is 1.71. The first-order valence-electron chi connectivity index (χ1n) is 6.39. The van der Waals surface area contributed by atoms with Crippen LogP contribution in [-0.2, 0) is 6.42 Å². The quantitative estimate of drug-likeness (QED) is 0.767. The first-order chi connectivity index (χ1) is 8.77. The topological polar surface area (TPSA) is 53.6 Å². The van der Waals surface area contributed by atoms with Crippen LogP contribution < -0.4 is 5.32 Å². The highest BCUT2D eigenvalue weighted by Gasteiger charge is 2.04. The van der Waals surface area contributed by atoms with Crippen LogP contribution in [0, 0.1) is 6.92 Å². The maximum absolute atomic E-state index is 4.13. The lowest BCUT2D eigenvalue weighted by Crippen LogP contribution is -2.20. The van der Waals surface area contributed by atoms with Crippen molar-refractivity contribution < 1.29 is 0 Å². The average molecular weight is 244 g/mol. The summed E-state index contributed by atoms with van der Waals surface area (Å²) < 4.78 is 0. The fourth-order valence-electron chi connectivity index (χ4n) is 1.98. The Hall–Kier alpha value is -1.68. The molecule has 96 valence electrons. The van der Waals surface area contributed by atoms with Gasteiger partial charge in [0, 0.05) is 24.1 Å². The highest BCUT2D eigenvalue weighted by atomic mass is 15.1. The summed E-state index contributed by atoms with van der Waals surface area (Å²) in [5.41, 5.74) is 3.72. The third kappa shape index (κ3) is 3.40. The van der Waals surface area contributed by atoms with Crippen LogP contribution in [0.25, 0.3) is 0 Å². The van der Waals surface area contributed by atoms with E-state index in [2.05, 4.69) is 40.4 Å². The minimum absolute atomic E-state index is 0.351. The van der Waals surface area contributed by atoms with Crippen molar-refractivity contribution in [3.63, 3.8) is 0 Å². The Morgan fingerprint density at radius 2 is 2.28 bits per heavy atom. The van der Waals surface area contributed by atoms with Gasteiger partial charge in [0.25, 0.3) is 0 Å². The van der Waals surface area contributed by atoms with E-state index in [1.807, 2.05) is 18.5 Å². The van der Waals surface area contributed by atoms with Crippen molar-refractivity contribution in [2.45, 2.75) is 32.7 Å². The zero-order valence-electron chi connectivity index (χ0n) is 11.0. The Labute approximate surface area is 108 Å². The standard InChI is InChI=1S/C14H20N4/c1-11(13-5-3-7-15-9-13)16-8-4-6-14-10-17-18-12(14)2/h3,5,7,9-11,16H,4,6,8H2,1-2H3,(H,17,18). The highest BCUT2D eigenvalue weighted by molar-refractivity contribution is 5.14. The SMILES string of the molecule is Cc1[nH]ncc1CCCNC(C)c1cccnc1. The van der Waals surface area contributed by atoms with E-state index in [4.69, 9.17) is 0 Å². The van der Waals surface area contributed by atoms with Crippen LogP contribution in [0.5, 0.6) is 0 Å². The lowest BCUT2D eigenvalue weighted by atomic mass is 10.1. The van der Waals surface area contributed by atoms with Gasteiger partial charge in [-0.2, -0.15) is 5.10 Å². The minimum atomic E-state index is 0.351. The molecule has 0 bridgehead atoms. The summed E-state index contributed by atoms with van der Waals surface area (Å²) in [4.78, 5) is 4.13. The first-order valence-corrected chi connectivity index (χ1v) is 6.39. The Morgan fingerprint density at radius 3 is 2.94 bits per heavy atom. The molecule has 0 aliphatic rings. The zero-order chi connectivity index (χ0) is 12.8. The lowest BCUT2D eigenvalue weighted by molar-refractivity contribution is 0.556. The molecule has 2 aromatic rings. The lowest BCUT2D eigenvalue weighted by Gasteiger charge is -2.13. The second kappa shape index (κ2) is 6.31. The van der Waals surface area contributed by atoms with Crippen molar-refractivity contribution in [2.75, 3.05) is 6.54 Å². The van der Waals surface area contributed by atoms with E-state index in [0.29, 0.717) is 6.04 Å². The fourth-order valence-corrected chi connectivity index (χ4v) is 1.98. The van der Waals surface area contributed by atoms with Gasteiger partial charge in [-0.25, -0.2) is 0 Å².